The first kappa shape index (κ1) is 22.1. The lowest BCUT2D eigenvalue weighted by Gasteiger charge is -2.12. The molecule has 6 nitrogen and oxygen atoms in total. The van der Waals surface area contributed by atoms with Gasteiger partial charge in [-0.15, -0.1) is 0 Å². The molecular weight excluding hydrogens is 492 g/mol. The van der Waals surface area contributed by atoms with Gasteiger partial charge in [0.25, 0.3) is 15.9 Å². The molecule has 0 unspecified atom stereocenters. The van der Waals surface area contributed by atoms with E-state index in [2.05, 4.69) is 26.0 Å². The monoisotopic (exact) mass is 508 g/mol. The lowest BCUT2D eigenvalue weighted by molar-refractivity contribution is -0.118. The first-order valence-corrected chi connectivity index (χ1v) is 11.5. The molecule has 0 aliphatic rings. The van der Waals surface area contributed by atoms with Crippen LogP contribution in [0.25, 0.3) is 0 Å². The van der Waals surface area contributed by atoms with E-state index in [1.807, 2.05) is 13.0 Å². The third-order valence-electron chi connectivity index (χ3n) is 3.98. The van der Waals surface area contributed by atoms with Gasteiger partial charge in [0.1, 0.15) is 5.75 Å². The third-order valence-corrected chi connectivity index (χ3v) is 6.15. The lowest BCUT2D eigenvalue weighted by atomic mass is 10.2. The number of hydrogen-bond donors (Lipinski definition) is 2. The lowest BCUT2D eigenvalue weighted by Crippen LogP contribution is -2.20. The Labute approximate surface area is 188 Å². The number of aryl methyl sites for hydroxylation is 1. The first-order valence-electron chi connectivity index (χ1n) is 8.80. The predicted molar refractivity (Wildman–Crippen MR) is 122 cm³/mol. The van der Waals surface area contributed by atoms with E-state index < -0.39 is 10.0 Å². The van der Waals surface area contributed by atoms with Crippen LogP contribution in [0.3, 0.4) is 0 Å². The molecule has 0 atom stereocenters. The van der Waals surface area contributed by atoms with Crippen molar-refractivity contribution in [1.29, 1.82) is 0 Å². The van der Waals surface area contributed by atoms with Crippen molar-refractivity contribution in [3.8, 4) is 5.75 Å². The molecule has 3 aromatic rings. The second kappa shape index (κ2) is 9.51. The molecule has 0 bridgehead atoms. The van der Waals surface area contributed by atoms with Gasteiger partial charge in [0.15, 0.2) is 6.61 Å². The van der Waals surface area contributed by atoms with Crippen LogP contribution < -0.4 is 14.8 Å². The van der Waals surface area contributed by atoms with Gasteiger partial charge in [-0.1, -0.05) is 51.3 Å². The molecule has 2 N–H and O–H groups in total. The highest BCUT2D eigenvalue weighted by atomic mass is 79.9. The summed E-state index contributed by atoms with van der Waals surface area (Å²) in [6.07, 6.45) is 0. The molecule has 0 heterocycles. The van der Waals surface area contributed by atoms with Crippen LogP contribution in [0.5, 0.6) is 5.75 Å². The quantitative estimate of drug-likeness (QED) is 0.457. The standard InChI is InChI=1S/C21H18BrClN2O4S/c1-14-5-7-16(8-6-14)25-30(27,28)18-9-10-20(19(23)12-18)29-13-21(26)24-17-4-2-3-15(22)11-17/h2-12,25H,13H2,1H3,(H,24,26). The zero-order valence-corrected chi connectivity index (χ0v) is 19.0. The summed E-state index contributed by atoms with van der Waals surface area (Å²) in [5, 5.41) is 2.78. The molecule has 3 rings (SSSR count). The van der Waals surface area contributed by atoms with Crippen molar-refractivity contribution < 1.29 is 17.9 Å². The average Bonchev–Trinajstić information content (AvgIpc) is 2.68. The predicted octanol–water partition coefficient (Wildman–Crippen LogP) is 5.23. The van der Waals surface area contributed by atoms with E-state index in [1.54, 1.807) is 42.5 Å². The molecule has 1 amide bonds. The fraction of sp³-hybridized carbons (Fsp3) is 0.0952. The number of nitrogens with one attached hydrogen (secondary N) is 2. The number of carbonyl (C=O) groups is 1. The van der Waals surface area contributed by atoms with Crippen LogP contribution in [0.2, 0.25) is 5.02 Å². The van der Waals surface area contributed by atoms with E-state index in [1.165, 1.54) is 18.2 Å². The summed E-state index contributed by atoms with van der Waals surface area (Å²) in [6, 6.07) is 18.2. The Morgan fingerprint density at radius 1 is 1.03 bits per heavy atom. The average molecular weight is 510 g/mol. The highest BCUT2D eigenvalue weighted by Gasteiger charge is 2.17. The van der Waals surface area contributed by atoms with Gasteiger partial charge in [-0.2, -0.15) is 0 Å². The minimum atomic E-state index is -3.82. The first-order chi connectivity index (χ1) is 14.2. The zero-order valence-electron chi connectivity index (χ0n) is 15.9. The van der Waals surface area contributed by atoms with E-state index in [-0.39, 0.29) is 28.2 Å². The number of sulfonamides is 1. The minimum Gasteiger partial charge on any atom is -0.482 e. The van der Waals surface area contributed by atoms with Crippen LogP contribution in [-0.4, -0.2) is 20.9 Å². The molecule has 30 heavy (non-hydrogen) atoms. The summed E-state index contributed by atoms with van der Waals surface area (Å²) >= 11 is 9.50. The number of benzene rings is 3. The van der Waals surface area contributed by atoms with E-state index in [9.17, 15) is 13.2 Å². The maximum absolute atomic E-state index is 12.6. The SMILES string of the molecule is Cc1ccc(NS(=O)(=O)c2ccc(OCC(=O)Nc3cccc(Br)c3)c(Cl)c2)cc1. The van der Waals surface area contributed by atoms with Gasteiger partial charge in [-0.3, -0.25) is 9.52 Å². The van der Waals surface area contributed by atoms with Crippen molar-refractivity contribution in [3.63, 3.8) is 0 Å². The largest absolute Gasteiger partial charge is 0.482 e. The van der Waals surface area contributed by atoms with Gasteiger partial charge < -0.3 is 10.1 Å². The topological polar surface area (TPSA) is 84.5 Å². The Morgan fingerprint density at radius 3 is 2.43 bits per heavy atom. The van der Waals surface area contributed by atoms with Crippen LogP contribution in [0, 0.1) is 6.92 Å². The number of halogens is 2. The van der Waals surface area contributed by atoms with Crippen LogP contribution in [-0.2, 0) is 14.8 Å². The zero-order chi connectivity index (χ0) is 21.7. The van der Waals surface area contributed by atoms with E-state index in [0.717, 1.165) is 10.0 Å². The molecule has 0 aromatic heterocycles. The molecule has 0 aliphatic carbocycles. The molecule has 9 heteroatoms. The van der Waals surface area contributed by atoms with Gasteiger partial charge >= 0.3 is 0 Å². The molecule has 0 fully saturated rings. The van der Waals surface area contributed by atoms with Crippen molar-refractivity contribution in [1.82, 2.24) is 0 Å². The minimum absolute atomic E-state index is 0.0148. The number of anilines is 2. The van der Waals surface area contributed by atoms with Gasteiger partial charge in [-0.05, 0) is 55.5 Å². The molecule has 0 radical (unpaired) electrons. The Hall–Kier alpha value is -2.55. The van der Waals surface area contributed by atoms with Crippen LogP contribution in [0.4, 0.5) is 11.4 Å². The van der Waals surface area contributed by atoms with Gasteiger partial charge in [0.2, 0.25) is 0 Å². The number of hydrogen-bond acceptors (Lipinski definition) is 4. The van der Waals surface area contributed by atoms with Gasteiger partial charge in [0, 0.05) is 15.8 Å². The van der Waals surface area contributed by atoms with Crippen molar-refractivity contribution in [2.45, 2.75) is 11.8 Å². The Bertz CT molecular complexity index is 1170. The molecule has 0 aliphatic heterocycles. The van der Waals surface area contributed by atoms with E-state index in [4.69, 9.17) is 16.3 Å². The summed E-state index contributed by atoms with van der Waals surface area (Å²) in [6.45, 7) is 1.63. The van der Waals surface area contributed by atoms with Crippen LogP contribution in [0.1, 0.15) is 5.56 Å². The second-order valence-corrected chi connectivity index (χ2v) is 9.42. The fourth-order valence-electron chi connectivity index (χ4n) is 2.51. The van der Waals surface area contributed by atoms with E-state index >= 15 is 0 Å². The highest BCUT2D eigenvalue weighted by Crippen LogP contribution is 2.28. The van der Waals surface area contributed by atoms with Crippen LogP contribution >= 0.6 is 27.5 Å². The number of amides is 1. The third kappa shape index (κ3) is 5.98. The van der Waals surface area contributed by atoms with Crippen molar-refractivity contribution in [2.75, 3.05) is 16.6 Å². The Balaban J connectivity index is 1.64. The summed E-state index contributed by atoms with van der Waals surface area (Å²) in [5.41, 5.74) is 2.08. The van der Waals surface area contributed by atoms with E-state index in [0.29, 0.717) is 11.4 Å². The number of rotatable bonds is 7. The number of ether oxygens (including phenoxy) is 1. The summed E-state index contributed by atoms with van der Waals surface area (Å²) < 4.78 is 33.9. The summed E-state index contributed by atoms with van der Waals surface area (Å²) in [4.78, 5) is 12.0. The summed E-state index contributed by atoms with van der Waals surface area (Å²) in [7, 11) is -3.82. The van der Waals surface area contributed by atoms with Gasteiger partial charge in [0.05, 0.1) is 9.92 Å². The Morgan fingerprint density at radius 2 is 1.77 bits per heavy atom. The van der Waals surface area contributed by atoms with Gasteiger partial charge in [-0.25, -0.2) is 8.42 Å². The van der Waals surface area contributed by atoms with Crippen LogP contribution in [0.15, 0.2) is 76.1 Å². The molecule has 0 saturated heterocycles. The van der Waals surface area contributed by atoms with Crippen molar-refractivity contribution in [2.24, 2.45) is 0 Å². The van der Waals surface area contributed by atoms with Crippen molar-refractivity contribution >= 4 is 54.8 Å². The molecule has 156 valence electrons. The molecule has 0 spiro atoms. The maximum atomic E-state index is 12.6. The normalized spacial score (nSPS) is 11.0. The Kier molecular flexibility index (Phi) is 7.02. The van der Waals surface area contributed by atoms with Crippen molar-refractivity contribution in [3.05, 3.63) is 81.8 Å². The highest BCUT2D eigenvalue weighted by molar-refractivity contribution is 9.10. The molecule has 0 saturated carbocycles. The fourth-order valence-corrected chi connectivity index (χ4v) is 4.29. The molecule has 3 aromatic carbocycles. The molecular formula is C21H18BrClN2O4S. The number of carbonyl (C=O) groups excluding carboxylic acids is 1. The maximum Gasteiger partial charge on any atom is 0.262 e. The smallest absolute Gasteiger partial charge is 0.262 e. The summed E-state index contributed by atoms with van der Waals surface area (Å²) in [5.74, 6) is -0.169. The second-order valence-electron chi connectivity index (χ2n) is 6.41.